The molecule has 0 aliphatic rings. The summed E-state index contributed by atoms with van der Waals surface area (Å²) in [7, 11) is 3.91. The molecule has 0 saturated heterocycles. The second-order valence-electron chi connectivity index (χ2n) is 7.62. The SMILES string of the molecule is COc1cc([Si](C)(C)C)c2oc(=O)[n+](-c3ccc(N(C)C)cc3)cc2c1. The van der Waals surface area contributed by atoms with E-state index < -0.39 is 8.07 Å². The molecular weight excluding hydrogens is 344 g/mol. The molecule has 0 unspecified atom stereocenters. The molecule has 5 nitrogen and oxygen atoms in total. The molecule has 0 saturated carbocycles. The van der Waals surface area contributed by atoms with Crippen molar-refractivity contribution in [2.75, 3.05) is 26.1 Å². The number of anilines is 1. The van der Waals surface area contributed by atoms with Gasteiger partial charge in [0.15, 0.2) is 6.20 Å². The molecule has 0 N–H and O–H groups in total. The van der Waals surface area contributed by atoms with Crippen molar-refractivity contribution >= 4 is 29.9 Å². The van der Waals surface area contributed by atoms with E-state index >= 15 is 0 Å². The van der Waals surface area contributed by atoms with Crippen LogP contribution in [0.3, 0.4) is 0 Å². The third-order valence-corrected chi connectivity index (χ3v) is 6.42. The molecule has 6 heteroatoms. The van der Waals surface area contributed by atoms with E-state index in [-0.39, 0.29) is 5.76 Å². The van der Waals surface area contributed by atoms with Crippen LogP contribution in [0.4, 0.5) is 5.69 Å². The first-order valence-electron chi connectivity index (χ1n) is 8.56. The average Bonchev–Trinajstić information content (AvgIpc) is 2.59. The molecule has 3 aromatic rings. The Hall–Kier alpha value is -2.60. The quantitative estimate of drug-likeness (QED) is 0.524. The van der Waals surface area contributed by atoms with Gasteiger partial charge in [0, 0.05) is 31.9 Å². The van der Waals surface area contributed by atoms with E-state index in [1.807, 2.05) is 61.6 Å². The van der Waals surface area contributed by atoms with Gasteiger partial charge in [-0.05, 0) is 29.5 Å². The van der Waals surface area contributed by atoms with Crippen molar-refractivity contribution in [1.29, 1.82) is 0 Å². The second kappa shape index (κ2) is 6.61. The summed E-state index contributed by atoms with van der Waals surface area (Å²) >= 11 is 0. The Labute approximate surface area is 154 Å². The Morgan fingerprint density at radius 3 is 2.27 bits per heavy atom. The molecule has 0 radical (unpaired) electrons. The molecule has 0 aliphatic heterocycles. The van der Waals surface area contributed by atoms with Gasteiger partial charge in [0.2, 0.25) is 5.69 Å². The summed E-state index contributed by atoms with van der Waals surface area (Å²) in [4.78, 5) is 14.7. The van der Waals surface area contributed by atoms with Crippen LogP contribution in [0.1, 0.15) is 0 Å². The predicted octanol–water partition coefficient (Wildman–Crippen LogP) is 2.69. The number of nitrogens with zero attached hydrogens (tertiary/aromatic N) is 2. The van der Waals surface area contributed by atoms with Crippen molar-refractivity contribution in [2.45, 2.75) is 19.6 Å². The minimum atomic E-state index is -1.71. The molecule has 0 amide bonds. The van der Waals surface area contributed by atoms with Crippen molar-refractivity contribution in [2.24, 2.45) is 0 Å². The zero-order valence-corrected chi connectivity index (χ0v) is 17.2. The van der Waals surface area contributed by atoms with Gasteiger partial charge in [-0.3, -0.25) is 0 Å². The van der Waals surface area contributed by atoms with Gasteiger partial charge in [0.25, 0.3) is 0 Å². The highest BCUT2D eigenvalue weighted by atomic mass is 28.3. The van der Waals surface area contributed by atoms with E-state index in [1.165, 1.54) is 4.57 Å². The van der Waals surface area contributed by atoms with Crippen LogP contribution in [0, 0.1) is 0 Å². The molecule has 1 aromatic heterocycles. The minimum Gasteiger partial charge on any atom is -0.497 e. The highest BCUT2D eigenvalue weighted by Gasteiger charge is 2.25. The van der Waals surface area contributed by atoms with Gasteiger partial charge >= 0.3 is 5.76 Å². The molecule has 0 atom stereocenters. The molecule has 3 rings (SSSR count). The van der Waals surface area contributed by atoms with Crippen molar-refractivity contribution in [3.63, 3.8) is 0 Å². The molecule has 0 aliphatic carbocycles. The summed E-state index contributed by atoms with van der Waals surface area (Å²) < 4.78 is 12.8. The molecule has 136 valence electrons. The van der Waals surface area contributed by atoms with Crippen LogP contribution in [0.2, 0.25) is 19.6 Å². The number of hydrogen-bond donors (Lipinski definition) is 0. The van der Waals surface area contributed by atoms with E-state index in [9.17, 15) is 4.79 Å². The summed E-state index contributed by atoms with van der Waals surface area (Å²) in [6.07, 6.45) is 1.83. The fourth-order valence-corrected chi connectivity index (χ4v) is 4.38. The minimum absolute atomic E-state index is 0.389. The van der Waals surface area contributed by atoms with Gasteiger partial charge in [-0.1, -0.05) is 24.2 Å². The third-order valence-electron chi connectivity index (χ3n) is 4.43. The first-order chi connectivity index (χ1) is 12.2. The van der Waals surface area contributed by atoms with E-state index in [0.29, 0.717) is 5.58 Å². The van der Waals surface area contributed by atoms with E-state index in [0.717, 1.165) is 27.7 Å². The first kappa shape index (κ1) is 18.2. The number of benzene rings is 2. The Bertz CT molecular complexity index is 1000. The van der Waals surface area contributed by atoms with Crippen LogP contribution < -0.4 is 25.1 Å². The van der Waals surface area contributed by atoms with E-state index in [4.69, 9.17) is 9.15 Å². The zero-order chi connectivity index (χ0) is 19.1. The van der Waals surface area contributed by atoms with Gasteiger partial charge in [-0.2, -0.15) is 4.79 Å². The fraction of sp³-hybridized carbons (Fsp3) is 0.300. The third kappa shape index (κ3) is 3.37. The van der Waals surface area contributed by atoms with Crippen LogP contribution in [-0.4, -0.2) is 29.3 Å². The Morgan fingerprint density at radius 1 is 1.08 bits per heavy atom. The number of ether oxygens (including phenoxy) is 1. The highest BCUT2D eigenvalue weighted by molar-refractivity contribution is 6.90. The van der Waals surface area contributed by atoms with Gasteiger partial charge in [-0.15, -0.1) is 0 Å². The van der Waals surface area contributed by atoms with E-state index in [1.54, 1.807) is 7.11 Å². The number of aromatic nitrogens is 1. The van der Waals surface area contributed by atoms with Gasteiger partial charge < -0.3 is 14.1 Å². The van der Waals surface area contributed by atoms with Crippen LogP contribution in [0.15, 0.2) is 51.8 Å². The number of hydrogen-bond acceptors (Lipinski definition) is 4. The maximum absolute atomic E-state index is 12.7. The molecule has 0 spiro atoms. The largest absolute Gasteiger partial charge is 0.608 e. The zero-order valence-electron chi connectivity index (χ0n) is 16.2. The van der Waals surface area contributed by atoms with Crippen LogP contribution in [0.25, 0.3) is 16.7 Å². The lowest BCUT2D eigenvalue weighted by Crippen LogP contribution is -2.48. The average molecular weight is 370 g/mol. The first-order valence-corrected chi connectivity index (χ1v) is 12.1. The van der Waals surface area contributed by atoms with Crippen molar-refractivity contribution < 1.29 is 13.7 Å². The summed E-state index contributed by atoms with van der Waals surface area (Å²) in [6.45, 7) is 6.67. The van der Waals surface area contributed by atoms with Crippen molar-refractivity contribution in [3.8, 4) is 11.4 Å². The smallest absolute Gasteiger partial charge is 0.497 e. The Kier molecular flexibility index (Phi) is 4.62. The number of fused-ring (bicyclic) bond motifs is 1. The molecule has 0 bridgehead atoms. The lowest BCUT2D eigenvalue weighted by Gasteiger charge is -2.18. The maximum atomic E-state index is 12.7. The lowest BCUT2D eigenvalue weighted by molar-refractivity contribution is -0.623. The second-order valence-corrected chi connectivity index (χ2v) is 12.7. The van der Waals surface area contributed by atoms with Crippen LogP contribution >= 0.6 is 0 Å². The summed E-state index contributed by atoms with van der Waals surface area (Å²) in [5, 5.41) is 1.94. The number of rotatable bonds is 4. The topological polar surface area (TPSA) is 46.6 Å². The summed E-state index contributed by atoms with van der Waals surface area (Å²) in [5.41, 5.74) is 2.50. The van der Waals surface area contributed by atoms with Gasteiger partial charge in [0.05, 0.1) is 20.6 Å². The lowest BCUT2D eigenvalue weighted by atomic mass is 10.2. The van der Waals surface area contributed by atoms with Gasteiger partial charge in [0.1, 0.15) is 11.3 Å². The monoisotopic (exact) mass is 369 g/mol. The van der Waals surface area contributed by atoms with E-state index in [2.05, 4.69) is 19.6 Å². The Balaban J connectivity index is 2.23. The normalized spacial score (nSPS) is 11.6. The van der Waals surface area contributed by atoms with Gasteiger partial charge in [-0.25, -0.2) is 0 Å². The van der Waals surface area contributed by atoms with Crippen LogP contribution in [0.5, 0.6) is 5.75 Å². The van der Waals surface area contributed by atoms with Crippen molar-refractivity contribution in [3.05, 3.63) is 53.1 Å². The molecule has 2 aromatic carbocycles. The molecule has 1 heterocycles. The molecular formula is C20H25N2O3Si+. The molecule has 0 fully saturated rings. The predicted molar refractivity (Wildman–Crippen MR) is 108 cm³/mol. The summed E-state index contributed by atoms with van der Waals surface area (Å²) in [6, 6.07) is 11.7. The van der Waals surface area contributed by atoms with Crippen molar-refractivity contribution in [1.82, 2.24) is 0 Å². The van der Waals surface area contributed by atoms with Crippen LogP contribution in [-0.2, 0) is 0 Å². The molecule has 26 heavy (non-hydrogen) atoms. The standard InChI is InChI=1S/C20H25N2O3Si/c1-21(2)15-7-9-16(10-8-15)22-13-14-11-17(24-3)12-18(26(4,5)6)19(14)25-20(22)23/h7-13H,1-6H3/q+1. The number of methoxy groups -OCH3 is 1. The maximum Gasteiger partial charge on any atom is 0.608 e. The Morgan fingerprint density at radius 2 is 1.73 bits per heavy atom. The fourth-order valence-electron chi connectivity index (χ4n) is 2.93. The highest BCUT2D eigenvalue weighted by Crippen LogP contribution is 2.21. The summed E-state index contributed by atoms with van der Waals surface area (Å²) in [5.74, 6) is 0.387.